The van der Waals surface area contributed by atoms with E-state index >= 15 is 0 Å². The van der Waals surface area contributed by atoms with Crippen LogP contribution in [0.1, 0.15) is 39.2 Å². The predicted octanol–water partition coefficient (Wildman–Crippen LogP) is 2.75. The quantitative estimate of drug-likeness (QED) is 0.822. The number of fused-ring (bicyclic) bond motifs is 2. The fourth-order valence-electron chi connectivity index (χ4n) is 6.39. The van der Waals surface area contributed by atoms with Crippen LogP contribution in [0.2, 0.25) is 0 Å². The van der Waals surface area contributed by atoms with Crippen molar-refractivity contribution in [2.45, 2.75) is 46.6 Å². The zero-order valence-corrected chi connectivity index (χ0v) is 18.1. The molecule has 2 saturated carbocycles. The van der Waals surface area contributed by atoms with Crippen molar-refractivity contribution in [2.24, 2.45) is 28.4 Å². The van der Waals surface area contributed by atoms with E-state index < -0.39 is 6.03 Å². The maximum atomic E-state index is 13.6. The average Bonchev–Trinajstić information content (AvgIpc) is 3.00. The zero-order chi connectivity index (χ0) is 21.0. The Kier molecular flexibility index (Phi) is 4.79. The number of amides is 3. The highest BCUT2D eigenvalue weighted by atomic mass is 16.2. The number of nitrogens with two attached hydrogens (primary N) is 1. The van der Waals surface area contributed by atoms with Gasteiger partial charge in [-0.3, -0.25) is 4.79 Å². The molecule has 0 radical (unpaired) electrons. The molecule has 4 atom stereocenters. The van der Waals surface area contributed by atoms with Gasteiger partial charge in [0, 0.05) is 37.9 Å². The van der Waals surface area contributed by atoms with Crippen LogP contribution in [0.25, 0.3) is 0 Å². The lowest BCUT2D eigenvalue weighted by atomic mass is 9.69. The molecule has 29 heavy (non-hydrogen) atoms. The Labute approximate surface area is 173 Å². The van der Waals surface area contributed by atoms with Crippen LogP contribution in [0.3, 0.4) is 0 Å². The van der Waals surface area contributed by atoms with Crippen molar-refractivity contribution in [3.63, 3.8) is 0 Å². The molecule has 2 bridgehead atoms. The first-order chi connectivity index (χ1) is 13.7. The molecule has 3 fully saturated rings. The number of urea groups is 1. The van der Waals surface area contributed by atoms with Gasteiger partial charge in [-0.25, -0.2) is 4.79 Å². The van der Waals surface area contributed by atoms with Crippen molar-refractivity contribution in [1.29, 1.82) is 0 Å². The van der Waals surface area contributed by atoms with Crippen LogP contribution in [0.5, 0.6) is 0 Å². The van der Waals surface area contributed by atoms with E-state index in [0.717, 1.165) is 39.0 Å². The van der Waals surface area contributed by atoms with Crippen molar-refractivity contribution in [3.05, 3.63) is 29.8 Å². The Hall–Kier alpha value is -2.24. The molecular formula is C23H34N4O2. The Balaban J connectivity index is 1.51. The number of hydrogen-bond donors (Lipinski definition) is 2. The highest BCUT2D eigenvalue weighted by Gasteiger charge is 2.68. The molecule has 2 aliphatic carbocycles. The molecule has 0 spiro atoms. The summed E-state index contributed by atoms with van der Waals surface area (Å²) in [5, 5.41) is 2.96. The SMILES string of the molecule is Cc1ccccc1N1CCN(C(=O)[C@H]2C3CC[C@@](C)([C@@H]2NC(N)=O)C3(C)C)CC1. The van der Waals surface area contributed by atoms with Crippen molar-refractivity contribution < 1.29 is 9.59 Å². The third-order valence-corrected chi connectivity index (χ3v) is 8.48. The Morgan fingerprint density at radius 3 is 2.38 bits per heavy atom. The first kappa shape index (κ1) is 20.0. The summed E-state index contributed by atoms with van der Waals surface area (Å²) < 4.78 is 0. The standard InChI is InChI=1S/C23H34N4O2/c1-15-7-5-6-8-17(15)26-11-13-27(14-12-26)20(28)18-16-9-10-23(4,22(16,2)3)19(18)25-21(24)29/h5-8,16,18-19H,9-14H2,1-4H3,(H3,24,25,29)/t16?,18-,19+,23-/m0/s1. The molecule has 3 aliphatic rings. The molecule has 1 unspecified atom stereocenters. The van der Waals surface area contributed by atoms with Crippen LogP contribution < -0.4 is 16.0 Å². The highest BCUT2D eigenvalue weighted by Crippen LogP contribution is 2.67. The molecule has 3 amide bonds. The zero-order valence-electron chi connectivity index (χ0n) is 18.1. The van der Waals surface area contributed by atoms with Crippen LogP contribution in [0.4, 0.5) is 10.5 Å². The molecular weight excluding hydrogens is 364 g/mol. The minimum absolute atomic E-state index is 0.00339. The van der Waals surface area contributed by atoms with Gasteiger partial charge in [0.15, 0.2) is 0 Å². The smallest absolute Gasteiger partial charge is 0.312 e. The lowest BCUT2D eigenvalue weighted by molar-refractivity contribution is -0.139. The van der Waals surface area contributed by atoms with Crippen molar-refractivity contribution in [1.82, 2.24) is 10.2 Å². The Morgan fingerprint density at radius 2 is 1.76 bits per heavy atom. The fraction of sp³-hybridized carbons (Fsp3) is 0.652. The number of nitrogens with one attached hydrogen (secondary N) is 1. The Bertz CT molecular complexity index is 815. The van der Waals surface area contributed by atoms with Gasteiger partial charge in [0.2, 0.25) is 5.91 Å². The van der Waals surface area contributed by atoms with Gasteiger partial charge in [0.05, 0.1) is 5.92 Å². The highest BCUT2D eigenvalue weighted by molar-refractivity contribution is 5.83. The first-order valence-electron chi connectivity index (χ1n) is 10.8. The largest absolute Gasteiger partial charge is 0.368 e. The Morgan fingerprint density at radius 1 is 1.10 bits per heavy atom. The van der Waals surface area contributed by atoms with Gasteiger partial charge in [0.25, 0.3) is 0 Å². The fourth-order valence-corrected chi connectivity index (χ4v) is 6.39. The van der Waals surface area contributed by atoms with Gasteiger partial charge in [0.1, 0.15) is 0 Å². The second-order valence-corrected chi connectivity index (χ2v) is 9.90. The number of anilines is 1. The minimum Gasteiger partial charge on any atom is -0.368 e. The molecule has 4 rings (SSSR count). The van der Waals surface area contributed by atoms with E-state index in [1.165, 1.54) is 11.3 Å². The number of carbonyl (C=O) groups is 2. The van der Waals surface area contributed by atoms with Crippen LogP contribution in [-0.4, -0.2) is 49.1 Å². The molecule has 1 saturated heterocycles. The number of primary amides is 1. The third-order valence-electron chi connectivity index (χ3n) is 8.48. The van der Waals surface area contributed by atoms with Gasteiger partial charge in [-0.05, 0) is 48.1 Å². The van der Waals surface area contributed by atoms with Crippen LogP contribution >= 0.6 is 0 Å². The minimum atomic E-state index is -0.526. The second-order valence-electron chi connectivity index (χ2n) is 9.90. The van der Waals surface area contributed by atoms with E-state index in [9.17, 15) is 9.59 Å². The van der Waals surface area contributed by atoms with Crippen molar-refractivity contribution in [3.8, 4) is 0 Å². The second kappa shape index (κ2) is 6.92. The lowest BCUT2D eigenvalue weighted by Gasteiger charge is -2.42. The molecule has 1 aliphatic heterocycles. The van der Waals surface area contributed by atoms with Crippen LogP contribution in [0.15, 0.2) is 24.3 Å². The molecule has 1 heterocycles. The van der Waals surface area contributed by atoms with E-state index in [1.807, 2.05) is 4.90 Å². The summed E-state index contributed by atoms with van der Waals surface area (Å²) in [4.78, 5) is 29.8. The summed E-state index contributed by atoms with van der Waals surface area (Å²) in [5.74, 6) is 0.294. The number of carbonyl (C=O) groups excluding carboxylic acids is 2. The number of nitrogens with zero attached hydrogens (tertiary/aromatic N) is 2. The molecule has 1 aromatic rings. The maximum absolute atomic E-state index is 13.6. The van der Waals surface area contributed by atoms with Gasteiger partial charge in [-0.1, -0.05) is 39.0 Å². The molecule has 3 N–H and O–H groups in total. The number of piperazine rings is 1. The van der Waals surface area contributed by atoms with Crippen LogP contribution in [-0.2, 0) is 4.79 Å². The van der Waals surface area contributed by atoms with Crippen LogP contribution in [0, 0.1) is 29.6 Å². The average molecular weight is 399 g/mol. The van der Waals surface area contributed by atoms with Crippen molar-refractivity contribution in [2.75, 3.05) is 31.1 Å². The summed E-state index contributed by atoms with van der Waals surface area (Å²) in [6, 6.07) is 7.70. The van der Waals surface area contributed by atoms with Crippen molar-refractivity contribution >= 4 is 17.6 Å². The van der Waals surface area contributed by atoms with E-state index in [2.05, 4.69) is 62.2 Å². The predicted molar refractivity (Wildman–Crippen MR) is 115 cm³/mol. The normalized spacial score (nSPS) is 33.0. The summed E-state index contributed by atoms with van der Waals surface area (Å²) >= 11 is 0. The van der Waals surface area contributed by atoms with Gasteiger partial charge in [-0.2, -0.15) is 0 Å². The molecule has 0 aromatic heterocycles. The number of aryl methyl sites for hydroxylation is 1. The van der Waals surface area contributed by atoms with E-state index in [0.29, 0.717) is 0 Å². The molecule has 158 valence electrons. The van der Waals surface area contributed by atoms with Gasteiger partial charge >= 0.3 is 6.03 Å². The number of rotatable bonds is 3. The van der Waals surface area contributed by atoms with E-state index in [-0.39, 0.29) is 34.6 Å². The van der Waals surface area contributed by atoms with Gasteiger partial charge < -0.3 is 20.9 Å². The topological polar surface area (TPSA) is 78.7 Å². The monoisotopic (exact) mass is 398 g/mol. The summed E-state index contributed by atoms with van der Waals surface area (Å²) in [7, 11) is 0. The summed E-state index contributed by atoms with van der Waals surface area (Å²) in [6.45, 7) is 12.0. The van der Waals surface area contributed by atoms with E-state index in [4.69, 9.17) is 5.73 Å². The third kappa shape index (κ3) is 2.99. The number of hydrogen-bond acceptors (Lipinski definition) is 3. The lowest BCUT2D eigenvalue weighted by Crippen LogP contribution is -2.57. The maximum Gasteiger partial charge on any atom is 0.312 e. The number of para-hydroxylation sites is 1. The van der Waals surface area contributed by atoms with Gasteiger partial charge in [-0.15, -0.1) is 0 Å². The number of benzene rings is 1. The summed E-state index contributed by atoms with van der Waals surface area (Å²) in [5.41, 5.74) is 7.93. The first-order valence-corrected chi connectivity index (χ1v) is 10.8. The molecule has 6 nitrogen and oxygen atoms in total. The van der Waals surface area contributed by atoms with E-state index in [1.54, 1.807) is 0 Å². The molecule has 6 heteroatoms. The molecule has 1 aromatic carbocycles. The summed E-state index contributed by atoms with van der Waals surface area (Å²) in [6.07, 6.45) is 2.07.